The first-order valence-corrected chi connectivity index (χ1v) is 8.91. The first kappa shape index (κ1) is 17.7. The Morgan fingerprint density at radius 1 is 0.929 bits per heavy atom. The van der Waals surface area contributed by atoms with Gasteiger partial charge in [-0.2, -0.15) is 0 Å². The minimum atomic E-state index is -0.285. The maximum Gasteiger partial charge on any atom is 0.277 e. The molecule has 5 heteroatoms. The molecular formula is C23H18N2O3. The minimum absolute atomic E-state index is 0.0666. The molecule has 0 radical (unpaired) electrons. The molecule has 0 saturated carbocycles. The second-order valence-corrected chi connectivity index (χ2v) is 6.35. The van der Waals surface area contributed by atoms with E-state index in [0.717, 1.165) is 5.69 Å². The van der Waals surface area contributed by atoms with Gasteiger partial charge in [0.15, 0.2) is 5.78 Å². The third-order valence-corrected chi connectivity index (χ3v) is 4.58. The molecule has 138 valence electrons. The summed E-state index contributed by atoms with van der Waals surface area (Å²) in [6, 6.07) is 23.6. The van der Waals surface area contributed by atoms with Gasteiger partial charge >= 0.3 is 0 Å². The number of methoxy groups -OCH3 is 1. The zero-order chi connectivity index (χ0) is 19.5. The van der Waals surface area contributed by atoms with Crippen LogP contribution in [-0.4, -0.2) is 22.4 Å². The first-order valence-electron chi connectivity index (χ1n) is 8.91. The minimum Gasteiger partial charge on any atom is -0.497 e. The second-order valence-electron chi connectivity index (χ2n) is 6.35. The van der Waals surface area contributed by atoms with E-state index >= 15 is 0 Å². The van der Waals surface area contributed by atoms with Crippen LogP contribution >= 0.6 is 0 Å². The number of para-hydroxylation sites is 3. The molecule has 3 aromatic carbocycles. The van der Waals surface area contributed by atoms with E-state index in [-0.39, 0.29) is 23.5 Å². The SMILES string of the molecule is COc1ccc(C(=O)Cc2nc3ccccc3n(-c3ccccc3)c2=O)cc1. The van der Waals surface area contributed by atoms with E-state index in [1.807, 2.05) is 54.6 Å². The number of carbonyl (C=O) groups is 1. The van der Waals surface area contributed by atoms with Crippen LogP contribution in [0.4, 0.5) is 0 Å². The van der Waals surface area contributed by atoms with Crippen LogP contribution in [0.1, 0.15) is 16.1 Å². The number of benzene rings is 3. The van der Waals surface area contributed by atoms with Gasteiger partial charge in [-0.15, -0.1) is 0 Å². The van der Waals surface area contributed by atoms with Crippen LogP contribution in [0.25, 0.3) is 16.7 Å². The van der Waals surface area contributed by atoms with Gasteiger partial charge in [-0.3, -0.25) is 14.2 Å². The zero-order valence-corrected chi connectivity index (χ0v) is 15.3. The van der Waals surface area contributed by atoms with Crippen molar-refractivity contribution in [2.24, 2.45) is 0 Å². The van der Waals surface area contributed by atoms with Crippen LogP contribution in [0.5, 0.6) is 5.75 Å². The highest BCUT2D eigenvalue weighted by molar-refractivity contribution is 5.97. The van der Waals surface area contributed by atoms with Crippen molar-refractivity contribution in [1.82, 2.24) is 9.55 Å². The number of hydrogen-bond acceptors (Lipinski definition) is 4. The third-order valence-electron chi connectivity index (χ3n) is 4.58. The molecule has 0 bridgehead atoms. The van der Waals surface area contributed by atoms with Gasteiger partial charge in [-0.05, 0) is 48.5 Å². The van der Waals surface area contributed by atoms with E-state index in [2.05, 4.69) is 4.98 Å². The monoisotopic (exact) mass is 370 g/mol. The Balaban J connectivity index is 1.80. The highest BCUT2D eigenvalue weighted by atomic mass is 16.5. The second kappa shape index (κ2) is 7.48. The third kappa shape index (κ3) is 3.30. The molecule has 0 fully saturated rings. The van der Waals surface area contributed by atoms with Gasteiger partial charge in [0.05, 0.1) is 24.6 Å². The summed E-state index contributed by atoms with van der Waals surface area (Å²) in [7, 11) is 1.57. The molecular weight excluding hydrogens is 352 g/mol. The summed E-state index contributed by atoms with van der Waals surface area (Å²) < 4.78 is 6.73. The van der Waals surface area contributed by atoms with Gasteiger partial charge in [-0.25, -0.2) is 4.98 Å². The van der Waals surface area contributed by atoms with Crippen molar-refractivity contribution in [2.45, 2.75) is 6.42 Å². The lowest BCUT2D eigenvalue weighted by Crippen LogP contribution is -2.26. The highest BCUT2D eigenvalue weighted by Crippen LogP contribution is 2.17. The van der Waals surface area contributed by atoms with Crippen LogP contribution in [0.2, 0.25) is 0 Å². The quantitative estimate of drug-likeness (QED) is 0.501. The van der Waals surface area contributed by atoms with Crippen molar-refractivity contribution in [1.29, 1.82) is 0 Å². The molecule has 1 heterocycles. The number of Topliss-reactive ketones (excluding diaryl/α,β-unsaturated/α-hetero) is 1. The molecule has 1 aromatic heterocycles. The normalized spacial score (nSPS) is 10.8. The van der Waals surface area contributed by atoms with Crippen molar-refractivity contribution in [3.05, 3.63) is 100 Å². The Labute approximate surface area is 161 Å². The lowest BCUT2D eigenvalue weighted by molar-refractivity contribution is 0.0991. The average molecular weight is 370 g/mol. The van der Waals surface area contributed by atoms with Crippen molar-refractivity contribution in [3.63, 3.8) is 0 Å². The largest absolute Gasteiger partial charge is 0.497 e. The Morgan fingerprint density at radius 3 is 2.32 bits per heavy atom. The Bertz CT molecular complexity index is 1200. The Kier molecular flexibility index (Phi) is 4.72. The fourth-order valence-electron chi connectivity index (χ4n) is 3.16. The van der Waals surface area contributed by atoms with Gasteiger partial charge in [0.25, 0.3) is 5.56 Å². The van der Waals surface area contributed by atoms with Crippen LogP contribution in [0, 0.1) is 0 Å². The molecule has 0 amide bonds. The Hall–Kier alpha value is -3.73. The number of ether oxygens (including phenoxy) is 1. The van der Waals surface area contributed by atoms with Crippen molar-refractivity contribution in [2.75, 3.05) is 7.11 Å². The number of nitrogens with zero attached hydrogens (tertiary/aromatic N) is 2. The maximum atomic E-state index is 13.2. The predicted octanol–water partition coefficient (Wildman–Crippen LogP) is 3.82. The fraction of sp³-hybridized carbons (Fsp3) is 0.0870. The zero-order valence-electron chi connectivity index (χ0n) is 15.3. The molecule has 4 rings (SSSR count). The molecule has 0 N–H and O–H groups in total. The highest BCUT2D eigenvalue weighted by Gasteiger charge is 2.16. The van der Waals surface area contributed by atoms with E-state index in [9.17, 15) is 9.59 Å². The fourth-order valence-corrected chi connectivity index (χ4v) is 3.16. The summed E-state index contributed by atoms with van der Waals surface area (Å²) >= 11 is 0. The summed E-state index contributed by atoms with van der Waals surface area (Å²) in [4.78, 5) is 30.4. The molecule has 0 aliphatic rings. The smallest absolute Gasteiger partial charge is 0.277 e. The summed E-state index contributed by atoms with van der Waals surface area (Å²) in [5, 5.41) is 0. The molecule has 0 unspecified atom stereocenters. The van der Waals surface area contributed by atoms with E-state index in [1.165, 1.54) is 0 Å². The molecule has 0 atom stereocenters. The number of carbonyl (C=O) groups excluding carboxylic acids is 1. The van der Waals surface area contributed by atoms with Crippen LogP contribution in [-0.2, 0) is 6.42 Å². The number of rotatable bonds is 5. The first-order chi connectivity index (χ1) is 13.7. The Morgan fingerprint density at radius 2 is 1.61 bits per heavy atom. The van der Waals surface area contributed by atoms with Crippen molar-refractivity contribution in [3.8, 4) is 11.4 Å². The van der Waals surface area contributed by atoms with Crippen LogP contribution < -0.4 is 10.3 Å². The predicted molar refractivity (Wildman–Crippen MR) is 108 cm³/mol. The number of fused-ring (bicyclic) bond motifs is 1. The molecule has 0 saturated heterocycles. The molecule has 28 heavy (non-hydrogen) atoms. The van der Waals surface area contributed by atoms with E-state index in [4.69, 9.17) is 4.74 Å². The van der Waals surface area contributed by atoms with E-state index in [0.29, 0.717) is 22.3 Å². The lowest BCUT2D eigenvalue weighted by Gasteiger charge is -2.12. The van der Waals surface area contributed by atoms with Crippen molar-refractivity contribution >= 4 is 16.8 Å². The summed E-state index contributed by atoms with van der Waals surface area (Å²) in [6.45, 7) is 0. The standard InChI is InChI=1S/C23H18N2O3/c1-28-18-13-11-16(12-14-18)22(26)15-20-23(27)25(17-7-3-2-4-8-17)21-10-6-5-9-19(21)24-20/h2-14H,15H2,1H3. The number of hydrogen-bond donors (Lipinski definition) is 0. The van der Waals surface area contributed by atoms with Gasteiger partial charge < -0.3 is 4.74 Å². The topological polar surface area (TPSA) is 61.2 Å². The summed E-state index contributed by atoms with van der Waals surface area (Å²) in [5.41, 5.74) is 2.57. The van der Waals surface area contributed by atoms with Gasteiger partial charge in [0.1, 0.15) is 11.4 Å². The van der Waals surface area contributed by atoms with Crippen LogP contribution in [0.15, 0.2) is 83.7 Å². The lowest BCUT2D eigenvalue weighted by atomic mass is 10.1. The van der Waals surface area contributed by atoms with Crippen molar-refractivity contribution < 1.29 is 9.53 Å². The molecule has 0 aliphatic carbocycles. The summed E-state index contributed by atoms with van der Waals surface area (Å²) in [5.74, 6) is 0.508. The number of aromatic nitrogens is 2. The van der Waals surface area contributed by atoms with E-state index in [1.54, 1.807) is 35.9 Å². The van der Waals surface area contributed by atoms with Crippen LogP contribution in [0.3, 0.4) is 0 Å². The molecule has 0 aliphatic heterocycles. The molecule has 0 spiro atoms. The molecule has 5 nitrogen and oxygen atoms in total. The van der Waals surface area contributed by atoms with Gasteiger partial charge in [-0.1, -0.05) is 30.3 Å². The average Bonchev–Trinajstić information content (AvgIpc) is 2.75. The van der Waals surface area contributed by atoms with E-state index < -0.39 is 0 Å². The molecule has 4 aromatic rings. The summed E-state index contributed by atoms with van der Waals surface area (Å²) in [6.07, 6.45) is -0.0666. The van der Waals surface area contributed by atoms with Gasteiger partial charge in [0.2, 0.25) is 0 Å². The maximum absolute atomic E-state index is 13.2. The number of ketones is 1. The van der Waals surface area contributed by atoms with Gasteiger partial charge in [0, 0.05) is 11.3 Å².